The van der Waals surface area contributed by atoms with Crippen LogP contribution in [0.25, 0.3) is 0 Å². The van der Waals surface area contributed by atoms with Gasteiger partial charge in [-0.1, -0.05) is 17.7 Å². The van der Waals surface area contributed by atoms with Crippen LogP contribution in [-0.2, 0) is 14.3 Å². The minimum Gasteiger partial charge on any atom is -0.456 e. The van der Waals surface area contributed by atoms with Gasteiger partial charge in [-0.15, -0.1) is 11.3 Å². The summed E-state index contributed by atoms with van der Waals surface area (Å²) >= 11 is 6.91. The van der Waals surface area contributed by atoms with Crippen LogP contribution in [0.2, 0.25) is 4.34 Å². The maximum absolute atomic E-state index is 11.9. The van der Waals surface area contributed by atoms with E-state index in [0.717, 1.165) is 11.3 Å². The first-order valence-electron chi connectivity index (χ1n) is 8.51. The molecule has 2 N–H and O–H groups in total. The van der Waals surface area contributed by atoms with E-state index in [1.165, 1.54) is 6.07 Å². The van der Waals surface area contributed by atoms with E-state index in [4.69, 9.17) is 16.3 Å². The molecule has 1 heterocycles. The molecular weight excluding hydrogens is 404 g/mol. The van der Waals surface area contributed by atoms with Crippen LogP contribution in [0.1, 0.15) is 39.8 Å². The van der Waals surface area contributed by atoms with Crippen LogP contribution in [-0.4, -0.2) is 36.7 Å². The Hall–Kier alpha value is -2.71. The molecule has 0 aliphatic heterocycles. The monoisotopic (exact) mass is 422 g/mol. The van der Waals surface area contributed by atoms with E-state index < -0.39 is 18.5 Å². The molecular formula is C19H19ClN2O5S. The van der Waals surface area contributed by atoms with Gasteiger partial charge in [0.15, 0.2) is 12.4 Å². The molecule has 2 aromatic rings. The van der Waals surface area contributed by atoms with E-state index in [-0.39, 0.29) is 24.5 Å². The third-order valence-corrected chi connectivity index (χ3v) is 4.79. The number of nitrogens with one attached hydrogen (secondary N) is 2. The molecule has 0 spiro atoms. The number of ether oxygens (including phenoxy) is 1. The van der Waals surface area contributed by atoms with Crippen molar-refractivity contribution >= 4 is 52.2 Å². The molecule has 0 fully saturated rings. The summed E-state index contributed by atoms with van der Waals surface area (Å²) < 4.78 is 5.38. The van der Waals surface area contributed by atoms with Crippen molar-refractivity contribution in [2.75, 3.05) is 18.5 Å². The number of esters is 1. The van der Waals surface area contributed by atoms with Crippen LogP contribution in [0, 0.1) is 0 Å². The van der Waals surface area contributed by atoms with Gasteiger partial charge in [-0.2, -0.15) is 0 Å². The maximum Gasteiger partial charge on any atom is 0.306 e. The van der Waals surface area contributed by atoms with Crippen molar-refractivity contribution in [1.82, 2.24) is 5.32 Å². The summed E-state index contributed by atoms with van der Waals surface area (Å²) in [7, 11) is 0. The molecule has 2 rings (SSSR count). The lowest BCUT2D eigenvalue weighted by Crippen LogP contribution is -2.23. The number of benzene rings is 1. The summed E-state index contributed by atoms with van der Waals surface area (Å²) in [4.78, 5) is 47.8. The minimum absolute atomic E-state index is 0.0219. The molecule has 0 aliphatic rings. The van der Waals surface area contributed by atoms with E-state index in [9.17, 15) is 19.2 Å². The number of rotatable bonds is 9. The predicted octanol–water partition coefficient (Wildman–Crippen LogP) is 3.30. The number of carbonyl (C=O) groups excluding carboxylic acids is 4. The van der Waals surface area contributed by atoms with E-state index in [1.54, 1.807) is 37.3 Å². The van der Waals surface area contributed by atoms with Gasteiger partial charge in [0, 0.05) is 24.2 Å². The Labute approximate surface area is 171 Å². The summed E-state index contributed by atoms with van der Waals surface area (Å²) in [6, 6.07) is 9.61. The molecule has 0 bridgehead atoms. The van der Waals surface area contributed by atoms with Crippen molar-refractivity contribution in [1.29, 1.82) is 0 Å². The number of carbonyl (C=O) groups is 4. The van der Waals surface area contributed by atoms with Gasteiger partial charge in [-0.25, -0.2) is 0 Å². The Morgan fingerprint density at radius 2 is 1.89 bits per heavy atom. The van der Waals surface area contributed by atoms with Gasteiger partial charge in [-0.05, 0) is 37.3 Å². The average molecular weight is 423 g/mol. The van der Waals surface area contributed by atoms with Crippen molar-refractivity contribution < 1.29 is 23.9 Å². The zero-order valence-corrected chi connectivity index (χ0v) is 16.7. The molecule has 148 valence electrons. The zero-order chi connectivity index (χ0) is 20.5. The molecule has 0 saturated heterocycles. The quantitative estimate of drug-likeness (QED) is 0.477. The van der Waals surface area contributed by atoms with Gasteiger partial charge in [0.1, 0.15) is 0 Å². The van der Waals surface area contributed by atoms with E-state index in [0.29, 0.717) is 27.0 Å². The molecule has 7 nitrogen and oxygen atoms in total. The standard InChI is InChI=1S/C19H19ClN2O5S/c1-2-21-19(26)12-4-3-5-13(10-12)22-17(24)11-27-18(25)9-6-14(23)15-7-8-16(20)28-15/h3-5,7-8,10H,2,6,9,11H2,1H3,(H,21,26)(H,22,24). The van der Waals surface area contributed by atoms with Crippen molar-refractivity contribution in [2.45, 2.75) is 19.8 Å². The Bertz CT molecular complexity index is 881. The molecule has 2 amide bonds. The van der Waals surface area contributed by atoms with Gasteiger partial charge < -0.3 is 15.4 Å². The second-order valence-corrected chi connectivity index (χ2v) is 7.39. The van der Waals surface area contributed by atoms with Crippen molar-refractivity contribution in [3.63, 3.8) is 0 Å². The number of hydrogen-bond donors (Lipinski definition) is 2. The summed E-state index contributed by atoms with van der Waals surface area (Å²) in [5.74, 6) is -1.65. The number of amides is 2. The highest BCUT2D eigenvalue weighted by molar-refractivity contribution is 7.18. The Morgan fingerprint density at radius 1 is 1.11 bits per heavy atom. The second-order valence-electron chi connectivity index (χ2n) is 5.68. The van der Waals surface area contributed by atoms with Crippen LogP contribution in [0.15, 0.2) is 36.4 Å². The van der Waals surface area contributed by atoms with Gasteiger partial charge in [0.05, 0.1) is 15.6 Å². The van der Waals surface area contributed by atoms with E-state index >= 15 is 0 Å². The molecule has 0 unspecified atom stereocenters. The highest BCUT2D eigenvalue weighted by Gasteiger charge is 2.14. The first-order chi connectivity index (χ1) is 13.4. The van der Waals surface area contributed by atoms with Gasteiger partial charge in [-0.3, -0.25) is 19.2 Å². The molecule has 9 heteroatoms. The molecule has 0 radical (unpaired) electrons. The second kappa shape index (κ2) is 10.6. The number of thiophene rings is 1. The molecule has 28 heavy (non-hydrogen) atoms. The number of anilines is 1. The fraction of sp³-hybridized carbons (Fsp3) is 0.263. The largest absolute Gasteiger partial charge is 0.456 e. The van der Waals surface area contributed by atoms with Crippen molar-refractivity contribution in [3.8, 4) is 0 Å². The summed E-state index contributed by atoms with van der Waals surface area (Å²) in [6.07, 6.45) is -0.153. The number of ketones is 1. The fourth-order valence-electron chi connectivity index (χ4n) is 2.22. The van der Waals surface area contributed by atoms with Gasteiger partial charge in [0.25, 0.3) is 11.8 Å². The van der Waals surface area contributed by atoms with Crippen LogP contribution < -0.4 is 10.6 Å². The lowest BCUT2D eigenvalue weighted by molar-refractivity contribution is -0.147. The minimum atomic E-state index is -0.651. The van der Waals surface area contributed by atoms with Crippen LogP contribution >= 0.6 is 22.9 Å². The van der Waals surface area contributed by atoms with E-state index in [2.05, 4.69) is 10.6 Å². The van der Waals surface area contributed by atoms with E-state index in [1.807, 2.05) is 0 Å². The highest BCUT2D eigenvalue weighted by atomic mass is 35.5. The molecule has 0 atom stereocenters. The topological polar surface area (TPSA) is 102 Å². The fourth-order valence-corrected chi connectivity index (χ4v) is 3.23. The number of halogens is 1. The molecule has 1 aromatic heterocycles. The van der Waals surface area contributed by atoms with Crippen molar-refractivity contribution in [3.05, 3.63) is 51.2 Å². The summed E-state index contributed by atoms with van der Waals surface area (Å²) in [5, 5.41) is 5.22. The third kappa shape index (κ3) is 6.79. The Morgan fingerprint density at radius 3 is 2.57 bits per heavy atom. The maximum atomic E-state index is 11.9. The molecule has 0 saturated carbocycles. The Balaban J connectivity index is 1.76. The lowest BCUT2D eigenvalue weighted by Gasteiger charge is -2.08. The zero-order valence-electron chi connectivity index (χ0n) is 15.1. The molecule has 0 aliphatic carbocycles. The van der Waals surface area contributed by atoms with Crippen molar-refractivity contribution in [2.24, 2.45) is 0 Å². The molecule has 1 aromatic carbocycles. The first-order valence-corrected chi connectivity index (χ1v) is 9.70. The van der Waals surface area contributed by atoms with Gasteiger partial charge >= 0.3 is 5.97 Å². The van der Waals surface area contributed by atoms with Crippen LogP contribution in [0.3, 0.4) is 0 Å². The average Bonchev–Trinajstić information content (AvgIpc) is 3.11. The third-order valence-electron chi connectivity index (χ3n) is 3.51. The lowest BCUT2D eigenvalue weighted by atomic mass is 10.2. The first kappa shape index (κ1) is 21.6. The van der Waals surface area contributed by atoms with Crippen LogP contribution in [0.4, 0.5) is 5.69 Å². The smallest absolute Gasteiger partial charge is 0.306 e. The number of Topliss-reactive ketones (excluding diaryl/α,β-unsaturated/α-hetero) is 1. The van der Waals surface area contributed by atoms with Crippen LogP contribution in [0.5, 0.6) is 0 Å². The number of hydrogen-bond acceptors (Lipinski definition) is 6. The normalized spacial score (nSPS) is 10.2. The highest BCUT2D eigenvalue weighted by Crippen LogP contribution is 2.23. The predicted molar refractivity (Wildman–Crippen MR) is 107 cm³/mol. The van der Waals surface area contributed by atoms with Gasteiger partial charge in [0.2, 0.25) is 0 Å². The Kier molecular flexibility index (Phi) is 8.16. The SMILES string of the molecule is CCNC(=O)c1cccc(NC(=O)COC(=O)CCC(=O)c2ccc(Cl)s2)c1. The summed E-state index contributed by atoms with van der Waals surface area (Å²) in [5.41, 5.74) is 0.818. The summed E-state index contributed by atoms with van der Waals surface area (Å²) in [6.45, 7) is 1.82.